The number of rotatable bonds is 13. The molecule has 192 valence electrons. The fourth-order valence-corrected chi connectivity index (χ4v) is 5.45. The van der Waals surface area contributed by atoms with E-state index in [1.165, 1.54) is 29.9 Å². The number of thiophene rings is 1. The lowest BCUT2D eigenvalue weighted by molar-refractivity contribution is -0.136. The van der Waals surface area contributed by atoms with Crippen LogP contribution in [-0.2, 0) is 16.0 Å². The molecule has 0 bridgehead atoms. The van der Waals surface area contributed by atoms with Crippen molar-refractivity contribution in [3.05, 3.63) is 52.0 Å². The summed E-state index contributed by atoms with van der Waals surface area (Å²) in [7, 11) is 0. The molecule has 1 aromatic carbocycles. The van der Waals surface area contributed by atoms with Crippen LogP contribution in [0.2, 0.25) is 0 Å². The smallest absolute Gasteiger partial charge is 0.237 e. The molecule has 35 heavy (non-hydrogen) atoms. The van der Waals surface area contributed by atoms with Crippen molar-refractivity contribution >= 4 is 17.2 Å². The van der Waals surface area contributed by atoms with Crippen LogP contribution < -0.4 is 4.74 Å². The number of hydrogen-bond acceptors (Lipinski definition) is 6. The third-order valence-corrected chi connectivity index (χ3v) is 7.44. The zero-order valence-corrected chi connectivity index (χ0v) is 21.5. The number of aliphatic hydroxyl groups excluding tert-OH is 1. The molecule has 1 aromatic heterocycles. The summed E-state index contributed by atoms with van der Waals surface area (Å²) in [6, 6.07) is 7.86. The lowest BCUT2D eigenvalue weighted by Crippen LogP contribution is -2.48. The highest BCUT2D eigenvalue weighted by molar-refractivity contribution is 7.10. The van der Waals surface area contributed by atoms with Crippen molar-refractivity contribution in [3.63, 3.8) is 0 Å². The molecule has 2 heterocycles. The number of benzene rings is 1. The van der Waals surface area contributed by atoms with Crippen LogP contribution >= 0.6 is 11.3 Å². The van der Waals surface area contributed by atoms with Gasteiger partial charge in [-0.2, -0.15) is 0 Å². The Labute approximate surface area is 211 Å². The lowest BCUT2D eigenvalue weighted by atomic mass is 10.0. The van der Waals surface area contributed by atoms with Gasteiger partial charge in [0.15, 0.2) is 0 Å². The second-order valence-electron chi connectivity index (χ2n) is 10.1. The number of aliphatic hydroxyl groups is 1. The molecule has 2 atom stereocenters. The maximum absolute atomic E-state index is 13.6. The van der Waals surface area contributed by atoms with E-state index in [0.29, 0.717) is 43.9 Å². The molecule has 0 unspecified atom stereocenters. The fraction of sp³-hybridized carbons (Fsp3) is 0.593. The summed E-state index contributed by atoms with van der Waals surface area (Å²) in [5.74, 6) is 1.35. The first-order valence-corrected chi connectivity index (χ1v) is 13.5. The summed E-state index contributed by atoms with van der Waals surface area (Å²) in [5, 5.41) is 12.6. The van der Waals surface area contributed by atoms with Gasteiger partial charge in [-0.1, -0.05) is 13.8 Å². The molecule has 0 spiro atoms. The number of carbonyl (C=O) groups is 1. The Balaban J connectivity index is 1.40. The van der Waals surface area contributed by atoms with Gasteiger partial charge in [-0.05, 0) is 72.4 Å². The zero-order valence-electron chi connectivity index (χ0n) is 20.7. The van der Waals surface area contributed by atoms with Crippen molar-refractivity contribution in [1.29, 1.82) is 0 Å². The number of nitrogens with zero attached hydrogens (tertiary/aromatic N) is 2. The second-order valence-corrected chi connectivity index (χ2v) is 11.1. The average molecular weight is 505 g/mol. The van der Waals surface area contributed by atoms with Gasteiger partial charge in [0.05, 0.1) is 25.3 Å². The molecule has 8 heteroatoms. The number of halogens is 1. The predicted octanol–water partition coefficient (Wildman–Crippen LogP) is 4.14. The van der Waals surface area contributed by atoms with Gasteiger partial charge >= 0.3 is 0 Å². The highest BCUT2D eigenvalue weighted by atomic mass is 32.1. The van der Waals surface area contributed by atoms with Crippen LogP contribution in [0.4, 0.5) is 4.39 Å². The summed E-state index contributed by atoms with van der Waals surface area (Å²) >= 11 is 1.71. The third kappa shape index (κ3) is 7.74. The minimum atomic E-state index is -0.622. The molecule has 2 aliphatic rings. The van der Waals surface area contributed by atoms with E-state index in [2.05, 4.69) is 30.2 Å². The molecule has 1 amide bonds. The molecule has 4 rings (SSSR count). The molecule has 2 aromatic rings. The van der Waals surface area contributed by atoms with Crippen molar-refractivity contribution in [2.24, 2.45) is 11.8 Å². The summed E-state index contributed by atoms with van der Waals surface area (Å²) in [5.41, 5.74) is 1.13. The standard InChI is InChI=1S/C27H37FN2O4S/c1-19(2)16-33-17-22(31)14-29(13-20-3-4-20)15-27(32)30-11-9-26-24(10-12-35-26)25(30)18-34-23-7-5-21(28)6-8-23/h5-8,10,12,19-20,22,25,31H,3-4,9,11,13-18H2,1-2H3/t22-,25-/m0/s1. The van der Waals surface area contributed by atoms with Gasteiger partial charge in [0, 0.05) is 31.1 Å². The zero-order chi connectivity index (χ0) is 24.8. The van der Waals surface area contributed by atoms with Crippen LogP contribution in [0.25, 0.3) is 0 Å². The highest BCUT2D eigenvalue weighted by Gasteiger charge is 2.34. The normalized spacial score (nSPS) is 18.7. The predicted molar refractivity (Wildman–Crippen MR) is 135 cm³/mol. The maximum Gasteiger partial charge on any atom is 0.237 e. The van der Waals surface area contributed by atoms with Crippen LogP contribution in [0.5, 0.6) is 5.75 Å². The monoisotopic (exact) mass is 504 g/mol. The van der Waals surface area contributed by atoms with E-state index >= 15 is 0 Å². The molecule has 0 saturated heterocycles. The molecule has 1 N–H and O–H groups in total. The summed E-state index contributed by atoms with van der Waals surface area (Å²) in [4.78, 5) is 18.9. The van der Waals surface area contributed by atoms with E-state index in [4.69, 9.17) is 9.47 Å². The molecular formula is C27H37FN2O4S. The van der Waals surface area contributed by atoms with E-state index < -0.39 is 6.10 Å². The van der Waals surface area contributed by atoms with Crippen LogP contribution in [0, 0.1) is 17.7 Å². The number of ether oxygens (including phenoxy) is 2. The maximum atomic E-state index is 13.6. The van der Waals surface area contributed by atoms with E-state index in [1.807, 2.05) is 4.90 Å². The molecule has 1 aliphatic carbocycles. The van der Waals surface area contributed by atoms with Crippen molar-refractivity contribution < 1.29 is 23.8 Å². The first-order chi connectivity index (χ1) is 16.9. The molecule has 6 nitrogen and oxygen atoms in total. The quantitative estimate of drug-likeness (QED) is 0.444. The molecule has 1 fully saturated rings. The number of fused-ring (bicyclic) bond motifs is 1. The van der Waals surface area contributed by atoms with Gasteiger partial charge in [0.25, 0.3) is 0 Å². The number of hydrogen-bond donors (Lipinski definition) is 1. The molecular weight excluding hydrogens is 467 g/mol. The Morgan fingerprint density at radius 1 is 1.23 bits per heavy atom. The number of amides is 1. The Hall–Kier alpha value is -2.00. The second kappa shape index (κ2) is 12.3. The SMILES string of the molecule is CC(C)COC[C@@H](O)CN(CC(=O)N1CCc2sccc2[C@@H]1COc1ccc(F)cc1)CC1CC1. The van der Waals surface area contributed by atoms with Crippen molar-refractivity contribution in [1.82, 2.24) is 9.80 Å². The minimum Gasteiger partial charge on any atom is -0.491 e. The Bertz CT molecular complexity index is 947. The van der Waals surface area contributed by atoms with Gasteiger partial charge in [0.1, 0.15) is 18.2 Å². The van der Waals surface area contributed by atoms with Crippen LogP contribution in [0.3, 0.4) is 0 Å². The Kier molecular flexibility index (Phi) is 9.16. The Morgan fingerprint density at radius 3 is 2.71 bits per heavy atom. The van der Waals surface area contributed by atoms with Gasteiger partial charge < -0.3 is 19.5 Å². The first-order valence-electron chi connectivity index (χ1n) is 12.6. The minimum absolute atomic E-state index is 0.0468. The van der Waals surface area contributed by atoms with Crippen LogP contribution in [-0.4, -0.2) is 72.9 Å². The van der Waals surface area contributed by atoms with Crippen molar-refractivity contribution in [2.75, 3.05) is 46.0 Å². The third-order valence-electron chi connectivity index (χ3n) is 6.44. The van der Waals surface area contributed by atoms with Gasteiger partial charge in [-0.15, -0.1) is 11.3 Å². The van der Waals surface area contributed by atoms with Crippen molar-refractivity contribution in [3.8, 4) is 5.75 Å². The Morgan fingerprint density at radius 2 is 2.00 bits per heavy atom. The van der Waals surface area contributed by atoms with Gasteiger partial charge in [0.2, 0.25) is 5.91 Å². The highest BCUT2D eigenvalue weighted by Crippen LogP contribution is 2.34. The van der Waals surface area contributed by atoms with Gasteiger partial charge in [-0.25, -0.2) is 4.39 Å². The van der Waals surface area contributed by atoms with E-state index in [1.54, 1.807) is 23.5 Å². The van der Waals surface area contributed by atoms with Crippen LogP contribution in [0.1, 0.15) is 43.2 Å². The largest absolute Gasteiger partial charge is 0.491 e. The van der Waals surface area contributed by atoms with Crippen LogP contribution in [0.15, 0.2) is 35.7 Å². The molecule has 1 saturated carbocycles. The summed E-state index contributed by atoms with van der Waals surface area (Å²) < 4.78 is 24.9. The van der Waals surface area contributed by atoms with E-state index in [9.17, 15) is 14.3 Å². The topological polar surface area (TPSA) is 62.2 Å². The summed E-state index contributed by atoms with van der Waals surface area (Å²) in [6.07, 6.45) is 2.57. The fourth-order valence-electron chi connectivity index (χ4n) is 4.52. The molecule has 0 radical (unpaired) electrons. The first kappa shape index (κ1) is 26.1. The van der Waals surface area contributed by atoms with E-state index in [-0.39, 0.29) is 30.9 Å². The number of carbonyl (C=O) groups excluding carboxylic acids is 1. The molecule has 1 aliphatic heterocycles. The van der Waals surface area contributed by atoms with Crippen molar-refractivity contribution in [2.45, 2.75) is 45.3 Å². The van der Waals surface area contributed by atoms with E-state index in [0.717, 1.165) is 18.5 Å². The summed E-state index contributed by atoms with van der Waals surface area (Å²) in [6.45, 7) is 7.53. The lowest BCUT2D eigenvalue weighted by Gasteiger charge is -2.37. The average Bonchev–Trinajstić information content (AvgIpc) is 3.49. The van der Waals surface area contributed by atoms with Gasteiger partial charge in [-0.3, -0.25) is 9.69 Å².